The zero-order valence-electron chi connectivity index (χ0n) is 25.1. The van der Waals surface area contributed by atoms with Crippen LogP contribution in [-0.2, 0) is 14.9 Å². The number of hydrogen-bond acceptors (Lipinski definition) is 6. The topological polar surface area (TPSA) is 95.6 Å². The van der Waals surface area contributed by atoms with E-state index in [1.54, 1.807) is 24.4 Å². The summed E-state index contributed by atoms with van der Waals surface area (Å²) in [4.78, 5) is 33.3. The third kappa shape index (κ3) is 6.41. The normalized spacial score (nSPS) is 15.1. The number of alkyl halides is 3. The van der Waals surface area contributed by atoms with Crippen molar-refractivity contribution in [1.29, 1.82) is 0 Å². The van der Waals surface area contributed by atoms with E-state index in [4.69, 9.17) is 4.74 Å². The van der Waals surface area contributed by atoms with E-state index in [0.717, 1.165) is 16.8 Å². The minimum atomic E-state index is -4.53. The highest BCUT2D eigenvalue weighted by atomic mass is 19.4. The van der Waals surface area contributed by atoms with Crippen LogP contribution in [0.1, 0.15) is 34.3 Å². The van der Waals surface area contributed by atoms with Gasteiger partial charge in [-0.15, -0.1) is 0 Å². The number of anilines is 3. The molecule has 1 aromatic heterocycles. The number of ether oxygens (including phenoxy) is 1. The Balaban J connectivity index is 1.12. The van der Waals surface area contributed by atoms with Crippen LogP contribution in [0.2, 0.25) is 0 Å². The van der Waals surface area contributed by atoms with Gasteiger partial charge in [0.05, 0.1) is 30.7 Å². The number of halogens is 3. The van der Waals surface area contributed by atoms with Crippen LogP contribution in [0.3, 0.4) is 0 Å². The van der Waals surface area contributed by atoms with Gasteiger partial charge in [-0.2, -0.15) is 13.2 Å². The molecule has 1 saturated heterocycles. The molecule has 0 radical (unpaired) electrons. The molecule has 0 bridgehead atoms. The number of morpholine rings is 1. The average molecular weight is 630 g/mol. The van der Waals surface area contributed by atoms with E-state index in [1.165, 1.54) is 0 Å². The van der Waals surface area contributed by atoms with Crippen molar-refractivity contribution in [1.82, 2.24) is 10.3 Å². The molecule has 1 aliphatic heterocycles. The second kappa shape index (κ2) is 13.2. The van der Waals surface area contributed by atoms with Crippen molar-refractivity contribution in [3.8, 4) is 11.1 Å². The van der Waals surface area contributed by atoms with Gasteiger partial charge in [-0.1, -0.05) is 60.7 Å². The van der Waals surface area contributed by atoms with Gasteiger partial charge in [0.25, 0.3) is 5.91 Å². The quantitative estimate of drug-likeness (QED) is 0.186. The average Bonchev–Trinajstić information content (AvgIpc) is 3.37. The van der Waals surface area contributed by atoms with Crippen molar-refractivity contribution in [3.63, 3.8) is 0 Å². The highest BCUT2D eigenvalue weighted by Crippen LogP contribution is 2.51. The maximum Gasteiger partial charge on any atom is 0.405 e. The first-order valence-electron chi connectivity index (χ1n) is 15.2. The van der Waals surface area contributed by atoms with Gasteiger partial charge in [-0.3, -0.25) is 9.59 Å². The second-order valence-corrected chi connectivity index (χ2v) is 11.3. The third-order valence-electron chi connectivity index (χ3n) is 8.46. The molecular formula is C35H34F3N5O3. The third-order valence-corrected chi connectivity index (χ3v) is 8.46. The SMILES string of the molecule is O=C(Nc1ccc(NCCCC2(C(=O)NCC(F)(F)F)c3ccccc3-c3ccccc32)cn1)c1ccccc1N1CCOCC1. The minimum absolute atomic E-state index is 0.262. The lowest BCUT2D eigenvalue weighted by Crippen LogP contribution is -2.47. The van der Waals surface area contributed by atoms with E-state index in [2.05, 4.69) is 25.8 Å². The summed E-state index contributed by atoms with van der Waals surface area (Å²) in [6.07, 6.45) is -2.14. The van der Waals surface area contributed by atoms with Crippen molar-refractivity contribution in [2.45, 2.75) is 24.4 Å². The molecule has 1 aliphatic carbocycles. The van der Waals surface area contributed by atoms with Crippen molar-refractivity contribution in [2.75, 3.05) is 54.9 Å². The predicted octanol–water partition coefficient (Wildman–Crippen LogP) is 6.01. The Hall–Kier alpha value is -4.90. The molecule has 2 heterocycles. The van der Waals surface area contributed by atoms with Gasteiger partial charge in [-0.05, 0) is 59.4 Å². The van der Waals surface area contributed by atoms with E-state index < -0.39 is 24.0 Å². The summed E-state index contributed by atoms with van der Waals surface area (Å²) < 4.78 is 44.8. The van der Waals surface area contributed by atoms with E-state index in [1.807, 2.05) is 66.7 Å². The van der Waals surface area contributed by atoms with Crippen LogP contribution in [0.15, 0.2) is 91.1 Å². The van der Waals surface area contributed by atoms with Crippen LogP contribution in [-0.4, -0.2) is 62.4 Å². The smallest absolute Gasteiger partial charge is 0.384 e. The molecule has 3 aromatic carbocycles. The van der Waals surface area contributed by atoms with Gasteiger partial charge in [0.2, 0.25) is 5.91 Å². The Labute approximate surface area is 265 Å². The highest BCUT2D eigenvalue weighted by Gasteiger charge is 2.49. The van der Waals surface area contributed by atoms with Crippen molar-refractivity contribution in [3.05, 3.63) is 108 Å². The van der Waals surface area contributed by atoms with Crippen LogP contribution in [0.25, 0.3) is 11.1 Å². The van der Waals surface area contributed by atoms with Gasteiger partial charge in [-0.25, -0.2) is 4.98 Å². The lowest BCUT2D eigenvalue weighted by Gasteiger charge is -2.31. The van der Waals surface area contributed by atoms with E-state index >= 15 is 0 Å². The molecule has 4 aromatic rings. The molecule has 6 rings (SSSR count). The Kier molecular flexibility index (Phi) is 8.94. The first-order chi connectivity index (χ1) is 22.3. The second-order valence-electron chi connectivity index (χ2n) is 11.3. The summed E-state index contributed by atoms with van der Waals surface area (Å²) in [5.41, 5.74) is 3.94. The summed E-state index contributed by atoms with van der Waals surface area (Å²) in [5.74, 6) is -0.535. The molecule has 0 saturated carbocycles. The molecule has 8 nitrogen and oxygen atoms in total. The Morgan fingerprint density at radius 1 is 0.870 bits per heavy atom. The fourth-order valence-electron chi connectivity index (χ4n) is 6.37. The molecule has 2 amide bonds. The van der Waals surface area contributed by atoms with Crippen LogP contribution in [0.4, 0.5) is 30.4 Å². The molecular weight excluding hydrogens is 595 g/mol. The van der Waals surface area contributed by atoms with Crippen LogP contribution >= 0.6 is 0 Å². The zero-order chi connectivity index (χ0) is 32.1. The number of para-hydroxylation sites is 1. The number of carbonyl (C=O) groups excluding carboxylic acids is 2. The summed E-state index contributed by atoms with van der Waals surface area (Å²) in [6.45, 7) is 1.68. The maximum atomic E-state index is 13.7. The van der Waals surface area contributed by atoms with Crippen LogP contribution < -0.4 is 20.9 Å². The van der Waals surface area contributed by atoms with Crippen LogP contribution in [0.5, 0.6) is 0 Å². The molecule has 0 atom stereocenters. The summed E-state index contributed by atoms with van der Waals surface area (Å²) in [6, 6.07) is 25.7. The number of rotatable bonds is 10. The number of fused-ring (bicyclic) bond motifs is 3. The Morgan fingerprint density at radius 2 is 1.52 bits per heavy atom. The maximum absolute atomic E-state index is 13.7. The molecule has 3 N–H and O–H groups in total. The molecule has 2 aliphatic rings. The fourth-order valence-corrected chi connectivity index (χ4v) is 6.37. The monoisotopic (exact) mass is 629 g/mol. The molecule has 46 heavy (non-hydrogen) atoms. The molecule has 0 spiro atoms. The number of hydrogen-bond donors (Lipinski definition) is 3. The standard InChI is InChI=1S/C35H34F3N5O3/c36-35(37,38)23-41-33(45)34(28-11-4-1-8-25(28)26-9-2-5-12-29(26)34)16-7-17-39-24-14-15-31(40-22-24)42-32(44)27-10-3-6-13-30(27)43-18-20-46-21-19-43/h1-6,8-15,22,39H,7,16-21,23H2,(H,41,45)(H,40,42,44). The van der Waals surface area contributed by atoms with Gasteiger partial charge in [0.1, 0.15) is 17.8 Å². The lowest BCUT2D eigenvalue weighted by molar-refractivity contribution is -0.141. The first-order valence-corrected chi connectivity index (χ1v) is 15.2. The molecule has 0 unspecified atom stereocenters. The van der Waals surface area contributed by atoms with Gasteiger partial charge in [0.15, 0.2) is 0 Å². The first kappa shape index (κ1) is 31.1. The summed E-state index contributed by atoms with van der Waals surface area (Å²) in [5, 5.41) is 8.32. The fraction of sp³-hybridized carbons (Fsp3) is 0.286. The number of nitrogens with zero attached hydrogens (tertiary/aromatic N) is 2. The number of amides is 2. The summed E-state index contributed by atoms with van der Waals surface area (Å²) in [7, 11) is 0. The zero-order valence-corrected chi connectivity index (χ0v) is 25.1. The van der Waals surface area contributed by atoms with E-state index in [-0.39, 0.29) is 5.91 Å². The van der Waals surface area contributed by atoms with Crippen molar-refractivity contribution < 1.29 is 27.5 Å². The lowest BCUT2D eigenvalue weighted by atomic mass is 9.73. The summed E-state index contributed by atoms with van der Waals surface area (Å²) >= 11 is 0. The molecule has 11 heteroatoms. The van der Waals surface area contributed by atoms with Crippen molar-refractivity contribution in [2.24, 2.45) is 0 Å². The number of carbonyl (C=O) groups is 2. The Morgan fingerprint density at radius 3 is 2.17 bits per heavy atom. The largest absolute Gasteiger partial charge is 0.405 e. The number of benzene rings is 3. The highest BCUT2D eigenvalue weighted by molar-refractivity contribution is 6.07. The van der Waals surface area contributed by atoms with Crippen molar-refractivity contribution >= 4 is 29.0 Å². The minimum Gasteiger partial charge on any atom is -0.384 e. The van der Waals surface area contributed by atoms with E-state index in [9.17, 15) is 22.8 Å². The van der Waals surface area contributed by atoms with Gasteiger partial charge >= 0.3 is 6.18 Å². The predicted molar refractivity (Wildman–Crippen MR) is 171 cm³/mol. The van der Waals surface area contributed by atoms with Gasteiger partial charge < -0.3 is 25.6 Å². The molecule has 1 fully saturated rings. The van der Waals surface area contributed by atoms with Gasteiger partial charge in [0, 0.05) is 25.3 Å². The number of aromatic nitrogens is 1. The van der Waals surface area contributed by atoms with E-state index in [0.29, 0.717) is 73.9 Å². The van der Waals surface area contributed by atoms with Crippen LogP contribution in [0, 0.1) is 0 Å². The molecule has 238 valence electrons. The number of nitrogens with one attached hydrogen (secondary N) is 3. The Bertz CT molecular complexity index is 1660. The number of pyridine rings is 1.